The largest absolute Gasteiger partial charge is 0.456 e. The van der Waals surface area contributed by atoms with Gasteiger partial charge in [0.05, 0.1) is 0 Å². The summed E-state index contributed by atoms with van der Waals surface area (Å²) in [7, 11) is 0. The second-order valence-corrected chi connectivity index (χ2v) is 6.27. The van der Waals surface area contributed by atoms with E-state index in [4.69, 9.17) is 9.15 Å². The minimum atomic E-state index is -0.647. The number of alkyl carbamates (subject to hydrolysis) is 1. The van der Waals surface area contributed by atoms with E-state index in [-0.39, 0.29) is 19.1 Å². The molecule has 140 valence electrons. The van der Waals surface area contributed by atoms with E-state index in [1.165, 1.54) is 0 Å². The highest BCUT2D eigenvalue weighted by atomic mass is 16.5. The quantitative estimate of drug-likeness (QED) is 0.541. The highest BCUT2D eigenvalue weighted by molar-refractivity contribution is 6.06. The summed E-state index contributed by atoms with van der Waals surface area (Å²) in [6.07, 6.45) is -0.647. The van der Waals surface area contributed by atoms with Gasteiger partial charge in [-0.05, 0) is 23.8 Å². The van der Waals surface area contributed by atoms with Gasteiger partial charge in [-0.3, -0.25) is 4.79 Å². The van der Waals surface area contributed by atoms with Crippen LogP contribution in [0.4, 0.5) is 10.5 Å². The molecule has 0 bridgehead atoms. The molecule has 2 amide bonds. The second kappa shape index (κ2) is 7.84. The Bertz CT molecular complexity index is 1140. The average Bonchev–Trinajstić information content (AvgIpc) is 3.09. The SMILES string of the molecule is O=C(CNC(=O)OCc1ccccc1)Nc1ccc2c(c1)oc1ccccc12. The van der Waals surface area contributed by atoms with Gasteiger partial charge < -0.3 is 19.8 Å². The summed E-state index contributed by atoms with van der Waals surface area (Å²) < 4.78 is 10.9. The lowest BCUT2D eigenvalue weighted by molar-refractivity contribution is -0.115. The predicted octanol–water partition coefficient (Wildman–Crippen LogP) is 4.45. The third kappa shape index (κ3) is 3.96. The summed E-state index contributed by atoms with van der Waals surface area (Å²) in [6.45, 7) is -0.0389. The van der Waals surface area contributed by atoms with E-state index in [0.29, 0.717) is 11.3 Å². The zero-order valence-electron chi connectivity index (χ0n) is 15.0. The number of carbonyl (C=O) groups is 2. The number of hydrogen-bond acceptors (Lipinski definition) is 4. The van der Waals surface area contributed by atoms with E-state index in [9.17, 15) is 9.59 Å². The van der Waals surface area contributed by atoms with E-state index >= 15 is 0 Å². The molecule has 4 rings (SSSR count). The lowest BCUT2D eigenvalue weighted by Gasteiger charge is -2.08. The van der Waals surface area contributed by atoms with Crippen LogP contribution in [-0.2, 0) is 16.1 Å². The van der Waals surface area contributed by atoms with Gasteiger partial charge in [0, 0.05) is 22.5 Å². The molecule has 0 aliphatic rings. The molecule has 0 radical (unpaired) electrons. The van der Waals surface area contributed by atoms with Gasteiger partial charge in [-0.1, -0.05) is 48.5 Å². The van der Waals surface area contributed by atoms with E-state index < -0.39 is 6.09 Å². The van der Waals surface area contributed by atoms with Gasteiger partial charge in [0.1, 0.15) is 24.3 Å². The van der Waals surface area contributed by atoms with Crippen molar-refractivity contribution in [3.05, 3.63) is 78.4 Å². The van der Waals surface area contributed by atoms with Crippen molar-refractivity contribution in [1.82, 2.24) is 5.32 Å². The first-order valence-electron chi connectivity index (χ1n) is 8.85. The van der Waals surface area contributed by atoms with Crippen molar-refractivity contribution in [2.24, 2.45) is 0 Å². The van der Waals surface area contributed by atoms with Gasteiger partial charge in [0.2, 0.25) is 5.91 Å². The molecule has 3 aromatic carbocycles. The van der Waals surface area contributed by atoms with Crippen molar-refractivity contribution in [2.75, 3.05) is 11.9 Å². The van der Waals surface area contributed by atoms with Crippen LogP contribution < -0.4 is 10.6 Å². The monoisotopic (exact) mass is 374 g/mol. The maximum Gasteiger partial charge on any atom is 0.407 e. The Labute approximate surface area is 161 Å². The zero-order valence-corrected chi connectivity index (χ0v) is 15.0. The lowest BCUT2D eigenvalue weighted by atomic mass is 10.1. The van der Waals surface area contributed by atoms with Gasteiger partial charge in [-0.2, -0.15) is 0 Å². The van der Waals surface area contributed by atoms with Gasteiger partial charge in [-0.15, -0.1) is 0 Å². The minimum Gasteiger partial charge on any atom is -0.456 e. The van der Waals surface area contributed by atoms with Crippen LogP contribution in [-0.4, -0.2) is 18.5 Å². The number of ether oxygens (including phenoxy) is 1. The van der Waals surface area contributed by atoms with Gasteiger partial charge in [0.25, 0.3) is 0 Å². The van der Waals surface area contributed by atoms with Crippen LogP contribution in [0, 0.1) is 0 Å². The first kappa shape index (κ1) is 17.6. The molecule has 6 nitrogen and oxygen atoms in total. The highest BCUT2D eigenvalue weighted by Crippen LogP contribution is 2.30. The Balaban J connectivity index is 1.32. The minimum absolute atomic E-state index is 0.150. The molecule has 1 heterocycles. The van der Waals surface area contributed by atoms with Crippen LogP contribution in [0.15, 0.2) is 77.2 Å². The highest BCUT2D eigenvalue weighted by Gasteiger charge is 2.10. The first-order chi connectivity index (χ1) is 13.7. The van der Waals surface area contributed by atoms with Crippen molar-refractivity contribution < 1.29 is 18.7 Å². The molecule has 1 aromatic heterocycles. The average molecular weight is 374 g/mol. The molecule has 0 unspecified atom stereocenters. The fourth-order valence-electron chi connectivity index (χ4n) is 2.94. The lowest BCUT2D eigenvalue weighted by Crippen LogP contribution is -2.33. The molecule has 0 spiro atoms. The van der Waals surface area contributed by atoms with Crippen LogP contribution in [0.25, 0.3) is 21.9 Å². The number of anilines is 1. The molecular formula is C22H18N2O4. The normalized spacial score (nSPS) is 10.7. The molecular weight excluding hydrogens is 356 g/mol. The maximum absolute atomic E-state index is 12.1. The van der Waals surface area contributed by atoms with Gasteiger partial charge >= 0.3 is 6.09 Å². The molecule has 28 heavy (non-hydrogen) atoms. The van der Waals surface area contributed by atoms with E-state index in [1.54, 1.807) is 12.1 Å². The Hall–Kier alpha value is -3.80. The summed E-state index contributed by atoms with van der Waals surface area (Å²) in [5.74, 6) is -0.355. The maximum atomic E-state index is 12.1. The Kier molecular flexibility index (Phi) is 4.93. The number of fused-ring (bicyclic) bond motifs is 3. The third-order valence-corrected chi connectivity index (χ3v) is 4.27. The molecule has 0 saturated heterocycles. The van der Waals surface area contributed by atoms with Crippen LogP contribution in [0.2, 0.25) is 0 Å². The van der Waals surface area contributed by atoms with Crippen molar-refractivity contribution in [2.45, 2.75) is 6.61 Å². The van der Waals surface area contributed by atoms with E-state index in [0.717, 1.165) is 21.9 Å². The topological polar surface area (TPSA) is 80.6 Å². The summed E-state index contributed by atoms with van der Waals surface area (Å²) in [6, 6.07) is 22.5. The number of hydrogen-bond donors (Lipinski definition) is 2. The third-order valence-electron chi connectivity index (χ3n) is 4.27. The summed E-state index contributed by atoms with van der Waals surface area (Å²) in [4.78, 5) is 23.8. The molecule has 2 N–H and O–H groups in total. The molecule has 0 aliphatic heterocycles. The fraction of sp³-hybridized carbons (Fsp3) is 0.0909. The van der Waals surface area contributed by atoms with Crippen molar-refractivity contribution in [1.29, 1.82) is 0 Å². The Morgan fingerprint density at radius 1 is 0.857 bits per heavy atom. The standard InChI is InChI=1S/C22H18N2O4/c25-21(13-23-22(26)27-14-15-6-2-1-3-7-15)24-16-10-11-18-17-8-4-5-9-19(17)28-20(18)12-16/h1-12H,13-14H2,(H,23,26)(H,24,25). The van der Waals surface area contributed by atoms with Gasteiger partial charge in [0.15, 0.2) is 0 Å². The number of amides is 2. The molecule has 4 aromatic rings. The van der Waals surface area contributed by atoms with Crippen LogP contribution in [0.5, 0.6) is 0 Å². The number of rotatable bonds is 5. The number of para-hydroxylation sites is 1. The Morgan fingerprint density at radius 2 is 1.61 bits per heavy atom. The van der Waals surface area contributed by atoms with Crippen molar-refractivity contribution in [3.63, 3.8) is 0 Å². The fourth-order valence-corrected chi connectivity index (χ4v) is 2.94. The molecule has 0 fully saturated rings. The molecule has 0 saturated carbocycles. The van der Waals surface area contributed by atoms with Crippen LogP contribution in [0.3, 0.4) is 0 Å². The van der Waals surface area contributed by atoms with Gasteiger partial charge in [-0.25, -0.2) is 4.79 Å². The number of nitrogens with one attached hydrogen (secondary N) is 2. The van der Waals surface area contributed by atoms with E-state index in [1.807, 2.05) is 60.7 Å². The summed E-state index contributed by atoms with van der Waals surface area (Å²) in [5.41, 5.74) is 2.95. The Morgan fingerprint density at radius 3 is 2.46 bits per heavy atom. The summed E-state index contributed by atoms with van der Waals surface area (Å²) in [5, 5.41) is 7.18. The first-order valence-corrected chi connectivity index (χ1v) is 8.85. The van der Waals surface area contributed by atoms with Crippen molar-refractivity contribution >= 4 is 39.6 Å². The van der Waals surface area contributed by atoms with Crippen LogP contribution in [0.1, 0.15) is 5.56 Å². The number of furan rings is 1. The summed E-state index contributed by atoms with van der Waals surface area (Å²) >= 11 is 0. The van der Waals surface area contributed by atoms with E-state index in [2.05, 4.69) is 10.6 Å². The molecule has 0 atom stereocenters. The number of benzene rings is 3. The van der Waals surface area contributed by atoms with Crippen molar-refractivity contribution in [3.8, 4) is 0 Å². The molecule has 6 heteroatoms. The smallest absolute Gasteiger partial charge is 0.407 e. The molecule has 0 aliphatic carbocycles. The van der Waals surface area contributed by atoms with Crippen LogP contribution >= 0.6 is 0 Å². The second-order valence-electron chi connectivity index (χ2n) is 6.27. The number of carbonyl (C=O) groups excluding carboxylic acids is 2. The zero-order chi connectivity index (χ0) is 19.3. The predicted molar refractivity (Wildman–Crippen MR) is 107 cm³/mol.